The van der Waals surface area contributed by atoms with Crippen molar-refractivity contribution in [3.8, 4) is 34.5 Å². The summed E-state index contributed by atoms with van der Waals surface area (Å²) in [5.41, 5.74) is 4.19. The number of piperidine rings is 2. The Morgan fingerprint density at radius 3 is 1.39 bits per heavy atom. The Bertz CT molecular complexity index is 3380. The van der Waals surface area contributed by atoms with Gasteiger partial charge >= 0.3 is 12.2 Å². The molecule has 6 heterocycles. The molecule has 2 amide bonds. The number of amides is 2. The fourth-order valence-corrected chi connectivity index (χ4v) is 11.4. The van der Waals surface area contributed by atoms with Crippen molar-refractivity contribution in [1.82, 2.24) is 28.7 Å². The molecule has 6 aromatic rings. The summed E-state index contributed by atoms with van der Waals surface area (Å²) in [6.45, 7) is 28.0. The molecular weight excluding hydrogens is 1060 g/mol. The van der Waals surface area contributed by atoms with E-state index in [1.165, 1.54) is 0 Å². The number of ether oxygens (including phenoxy) is 7. The van der Waals surface area contributed by atoms with E-state index in [0.29, 0.717) is 70.7 Å². The molecule has 1 N–H and O–H groups in total. The summed E-state index contributed by atoms with van der Waals surface area (Å²) in [4.78, 5) is 61.1. The van der Waals surface area contributed by atoms with Crippen LogP contribution in [0.4, 0.5) is 9.59 Å². The number of phenols is 1. The van der Waals surface area contributed by atoms with Crippen LogP contribution in [0.15, 0.2) is 94.5 Å². The Morgan fingerprint density at radius 1 is 0.554 bits per heavy atom. The Hall–Kier alpha value is -7.44. The number of fused-ring (bicyclic) bond motifs is 4. The zero-order valence-corrected chi connectivity index (χ0v) is 50.2. The van der Waals surface area contributed by atoms with E-state index in [1.54, 1.807) is 28.8 Å². The van der Waals surface area contributed by atoms with Crippen molar-refractivity contribution < 1.29 is 47.9 Å². The summed E-state index contributed by atoms with van der Waals surface area (Å²) in [6.07, 6.45) is 2.66. The summed E-state index contributed by atoms with van der Waals surface area (Å²) >= 11 is 0. The second kappa shape index (κ2) is 26.0. The van der Waals surface area contributed by atoms with Crippen LogP contribution in [0, 0.1) is 13.8 Å². The SMILES string of the molecule is Cc1cc(=O)n(CCN2CCC(N(Cc3ccc4c(c3)OCCO4)C(=O)OC(C)(C)C)CC2)c2cc(O)ccc12.Cc1cc(=O)n(CCN2CCC(N(Cc3ccc4c(c3)OCCO4)C(=O)OC(C)(C)C)CC2)c2cc(OC(C)C)ccc12. The Balaban J connectivity index is 0.000000200. The Morgan fingerprint density at radius 2 is 0.964 bits per heavy atom. The summed E-state index contributed by atoms with van der Waals surface area (Å²) < 4.78 is 44.0. The summed E-state index contributed by atoms with van der Waals surface area (Å²) in [7, 11) is 0. The molecule has 4 aliphatic rings. The van der Waals surface area contributed by atoms with E-state index in [-0.39, 0.29) is 47.2 Å². The van der Waals surface area contributed by atoms with Gasteiger partial charge in [-0.3, -0.25) is 9.59 Å². The first-order valence-corrected chi connectivity index (χ1v) is 29.4. The topological polar surface area (TPSA) is 176 Å². The summed E-state index contributed by atoms with van der Waals surface area (Å²) in [6, 6.07) is 26.3. The zero-order chi connectivity index (χ0) is 59.2. The minimum Gasteiger partial charge on any atom is -0.508 e. The number of nitrogens with zero attached hydrogens (tertiary/aromatic N) is 6. The number of pyridine rings is 2. The number of benzene rings is 4. The van der Waals surface area contributed by atoms with E-state index in [9.17, 15) is 24.3 Å². The standard InChI is InChI=1S/C34H45N3O6.C31H39N3O6/c1-23(2)42-27-8-9-28-24(3)19-32(38)36(29(28)21-27)16-15-35-13-11-26(12-14-35)37(33(39)43-34(4,5)6)22-25-7-10-30-31(20-25)41-18-17-40-30;1-21-17-29(36)33(26-19-24(35)6-7-25(21)26)14-13-32-11-9-23(10-12-32)34(30(37)40-31(2,3)4)20-22-5-8-27-28(18-22)39-16-15-38-27/h7-10,19-21,23,26H,11-18,22H2,1-6H3;5-8,17-19,23,35H,9-16,20H2,1-4H3. The molecule has 18 nitrogen and oxygen atoms in total. The van der Waals surface area contributed by atoms with Gasteiger partial charge in [-0.15, -0.1) is 0 Å². The van der Waals surface area contributed by atoms with Gasteiger partial charge in [0.25, 0.3) is 11.1 Å². The number of carbonyl (C=O) groups is 2. The maximum absolute atomic E-state index is 13.4. The lowest BCUT2D eigenvalue weighted by molar-refractivity contribution is 0.00468. The highest BCUT2D eigenvalue weighted by molar-refractivity contribution is 5.84. The number of carbonyl (C=O) groups excluding carboxylic acids is 2. The number of likely N-dealkylation sites (tertiary alicyclic amines) is 2. The van der Waals surface area contributed by atoms with Gasteiger partial charge in [0.05, 0.1) is 17.1 Å². The predicted octanol–water partition coefficient (Wildman–Crippen LogP) is 10.5. The fourth-order valence-electron chi connectivity index (χ4n) is 11.4. The molecule has 0 saturated carbocycles. The minimum atomic E-state index is -0.596. The lowest BCUT2D eigenvalue weighted by Crippen LogP contribution is -2.49. The first-order valence-electron chi connectivity index (χ1n) is 29.4. The maximum atomic E-state index is 13.4. The molecule has 10 rings (SSSR count). The average molecular weight is 1140 g/mol. The number of phenolic OH excluding ortho intramolecular Hbond substituents is 1. The number of rotatable bonds is 14. The van der Waals surface area contributed by atoms with Crippen LogP contribution in [-0.4, -0.2) is 141 Å². The van der Waals surface area contributed by atoms with E-state index in [0.717, 1.165) is 120 Å². The lowest BCUT2D eigenvalue weighted by atomic mass is 10.0. The van der Waals surface area contributed by atoms with Gasteiger partial charge in [0, 0.05) is 113 Å². The van der Waals surface area contributed by atoms with Crippen molar-refractivity contribution in [2.45, 2.75) is 150 Å². The summed E-state index contributed by atoms with van der Waals surface area (Å²) in [5, 5.41) is 12.1. The van der Waals surface area contributed by atoms with Crippen molar-refractivity contribution >= 4 is 34.0 Å². The first-order chi connectivity index (χ1) is 39.5. The first kappa shape index (κ1) is 60.2. The lowest BCUT2D eigenvalue weighted by Gasteiger charge is -2.39. The highest BCUT2D eigenvalue weighted by atomic mass is 16.6. The van der Waals surface area contributed by atoms with Gasteiger partial charge in [-0.05, 0) is 166 Å². The van der Waals surface area contributed by atoms with Crippen LogP contribution in [0.2, 0.25) is 0 Å². The van der Waals surface area contributed by atoms with Crippen LogP contribution in [0.1, 0.15) is 103 Å². The van der Waals surface area contributed by atoms with Gasteiger partial charge in [-0.1, -0.05) is 12.1 Å². The molecule has 83 heavy (non-hydrogen) atoms. The highest BCUT2D eigenvalue weighted by Crippen LogP contribution is 2.35. The Labute approximate surface area is 487 Å². The molecular formula is C65H84N6O12. The fraction of sp³-hybridized carbons (Fsp3) is 0.508. The zero-order valence-electron chi connectivity index (χ0n) is 50.2. The number of hydrogen-bond acceptors (Lipinski definition) is 14. The van der Waals surface area contributed by atoms with Crippen LogP contribution in [0.25, 0.3) is 21.8 Å². The largest absolute Gasteiger partial charge is 0.508 e. The van der Waals surface area contributed by atoms with Gasteiger partial charge in [-0.25, -0.2) is 9.59 Å². The third-order valence-corrected chi connectivity index (χ3v) is 15.4. The van der Waals surface area contributed by atoms with Crippen LogP contribution in [0.5, 0.6) is 34.5 Å². The highest BCUT2D eigenvalue weighted by Gasteiger charge is 2.34. The summed E-state index contributed by atoms with van der Waals surface area (Å²) in [5.74, 6) is 3.79. The van der Waals surface area contributed by atoms with Gasteiger partial charge in [0.2, 0.25) is 0 Å². The molecule has 0 aliphatic carbocycles. The molecule has 2 fully saturated rings. The van der Waals surface area contributed by atoms with Gasteiger partial charge < -0.3 is 67.0 Å². The Kier molecular flexibility index (Phi) is 18.8. The molecule has 0 unspecified atom stereocenters. The van der Waals surface area contributed by atoms with Gasteiger partial charge in [-0.2, -0.15) is 0 Å². The normalized spacial score (nSPS) is 16.1. The van der Waals surface area contributed by atoms with Crippen molar-refractivity contribution in [2.75, 3.05) is 65.7 Å². The number of aryl methyl sites for hydroxylation is 2. The smallest absolute Gasteiger partial charge is 0.410 e. The third-order valence-electron chi connectivity index (χ3n) is 15.4. The van der Waals surface area contributed by atoms with E-state index < -0.39 is 11.2 Å². The maximum Gasteiger partial charge on any atom is 0.410 e. The molecule has 2 saturated heterocycles. The molecule has 446 valence electrons. The predicted molar refractivity (Wildman–Crippen MR) is 321 cm³/mol. The molecule has 18 heteroatoms. The van der Waals surface area contributed by atoms with Crippen LogP contribution < -0.4 is 34.8 Å². The molecule has 4 aromatic carbocycles. The second-order valence-electron chi connectivity index (χ2n) is 24.5. The molecule has 0 radical (unpaired) electrons. The molecule has 4 aliphatic heterocycles. The molecule has 0 bridgehead atoms. The molecule has 0 atom stereocenters. The quantitative estimate of drug-likeness (QED) is 0.109. The average Bonchev–Trinajstić information content (AvgIpc) is 3.53. The van der Waals surface area contributed by atoms with Crippen LogP contribution in [-0.2, 0) is 35.7 Å². The van der Waals surface area contributed by atoms with E-state index in [1.807, 2.05) is 144 Å². The van der Waals surface area contributed by atoms with Crippen molar-refractivity contribution in [3.63, 3.8) is 0 Å². The van der Waals surface area contributed by atoms with Gasteiger partial charge in [0.1, 0.15) is 49.1 Å². The van der Waals surface area contributed by atoms with E-state index >= 15 is 0 Å². The second-order valence-corrected chi connectivity index (χ2v) is 24.5. The van der Waals surface area contributed by atoms with Crippen molar-refractivity contribution in [3.05, 3.63) is 128 Å². The number of aromatic nitrogens is 2. The minimum absolute atomic E-state index is 0.00267. The van der Waals surface area contributed by atoms with E-state index in [2.05, 4.69) is 9.80 Å². The van der Waals surface area contributed by atoms with Crippen molar-refractivity contribution in [2.24, 2.45) is 0 Å². The van der Waals surface area contributed by atoms with E-state index in [4.69, 9.17) is 33.2 Å². The van der Waals surface area contributed by atoms with Crippen molar-refractivity contribution in [1.29, 1.82) is 0 Å². The van der Waals surface area contributed by atoms with Crippen LogP contribution >= 0.6 is 0 Å². The number of hydrogen-bond donors (Lipinski definition) is 1. The molecule has 0 spiro atoms. The van der Waals surface area contributed by atoms with Crippen LogP contribution in [0.3, 0.4) is 0 Å². The third kappa shape index (κ3) is 15.6. The molecule has 2 aromatic heterocycles. The number of aromatic hydroxyl groups is 1. The monoisotopic (exact) mass is 1140 g/mol. The van der Waals surface area contributed by atoms with Gasteiger partial charge in [0.15, 0.2) is 23.0 Å².